The van der Waals surface area contributed by atoms with Crippen molar-refractivity contribution in [2.75, 3.05) is 59.0 Å². The maximum Gasteiger partial charge on any atom is 0.191 e. The summed E-state index contributed by atoms with van der Waals surface area (Å²) in [4.78, 5) is 11.4. The van der Waals surface area contributed by atoms with Gasteiger partial charge in [0.1, 0.15) is 0 Å². The Morgan fingerprint density at radius 3 is 2.89 bits per heavy atom. The van der Waals surface area contributed by atoms with Crippen LogP contribution in [0.15, 0.2) is 16.4 Å². The largest absolute Gasteiger partial charge is 0.379 e. The molecule has 2 aliphatic rings. The van der Waals surface area contributed by atoms with E-state index in [9.17, 15) is 0 Å². The normalized spacial score (nSPS) is 19.9. The van der Waals surface area contributed by atoms with E-state index in [1.165, 1.54) is 12.0 Å². The van der Waals surface area contributed by atoms with E-state index in [-0.39, 0.29) is 24.0 Å². The van der Waals surface area contributed by atoms with Crippen molar-refractivity contribution in [3.05, 3.63) is 21.9 Å². The Bertz CT molecular complexity index is 576. The van der Waals surface area contributed by atoms with Gasteiger partial charge >= 0.3 is 0 Å². The summed E-state index contributed by atoms with van der Waals surface area (Å²) in [6.45, 7) is 14.1. The summed E-state index contributed by atoms with van der Waals surface area (Å²) in [5.41, 5.74) is 1.51. The zero-order valence-electron chi connectivity index (χ0n) is 16.6. The molecule has 1 aromatic rings. The zero-order chi connectivity index (χ0) is 18.2. The molecule has 1 unspecified atom stereocenters. The van der Waals surface area contributed by atoms with Gasteiger partial charge in [-0.25, -0.2) is 0 Å². The lowest BCUT2D eigenvalue weighted by molar-refractivity contribution is 0.0389. The number of rotatable bonds is 7. The highest BCUT2D eigenvalue weighted by Crippen LogP contribution is 2.25. The van der Waals surface area contributed by atoms with Crippen LogP contribution < -0.4 is 10.6 Å². The number of aliphatic imine (C=N–C) groups is 1. The summed E-state index contributed by atoms with van der Waals surface area (Å²) < 4.78 is 5.40. The second-order valence-corrected chi connectivity index (χ2v) is 8.04. The number of halogens is 1. The minimum atomic E-state index is 0. The number of hydrogen-bond donors (Lipinski definition) is 2. The van der Waals surface area contributed by atoms with Crippen molar-refractivity contribution in [1.82, 2.24) is 20.4 Å². The molecule has 2 aliphatic heterocycles. The van der Waals surface area contributed by atoms with Crippen LogP contribution in [0.1, 0.15) is 24.3 Å². The number of ether oxygens (including phenoxy) is 1. The summed E-state index contributed by atoms with van der Waals surface area (Å²) in [5.74, 6) is 0.931. The van der Waals surface area contributed by atoms with Crippen LogP contribution in [0, 0.1) is 0 Å². The molecule has 0 aliphatic carbocycles. The highest BCUT2D eigenvalue weighted by Gasteiger charge is 2.21. The van der Waals surface area contributed by atoms with E-state index in [1.807, 2.05) is 11.3 Å². The minimum Gasteiger partial charge on any atom is -0.379 e. The standard InChI is InChI=1S/C19H33N5OS.HI/c1-3-20-19(21-6-8-23-9-11-25-12-10-23)22-14-16(2)24-7-4-18-17(15-24)5-13-26-18;/h5,13,16H,3-4,6-12,14-15H2,1-2H3,(H2,20,21,22);1H. The molecule has 27 heavy (non-hydrogen) atoms. The van der Waals surface area contributed by atoms with Crippen LogP contribution in [-0.2, 0) is 17.7 Å². The van der Waals surface area contributed by atoms with Crippen LogP contribution >= 0.6 is 35.3 Å². The van der Waals surface area contributed by atoms with Crippen molar-refractivity contribution >= 4 is 41.3 Å². The zero-order valence-corrected chi connectivity index (χ0v) is 19.7. The molecule has 0 amide bonds. The summed E-state index contributed by atoms with van der Waals surface area (Å²) in [7, 11) is 0. The molecule has 1 atom stereocenters. The van der Waals surface area contributed by atoms with Gasteiger partial charge < -0.3 is 15.4 Å². The maximum absolute atomic E-state index is 5.40. The molecule has 154 valence electrons. The fraction of sp³-hybridized carbons (Fsp3) is 0.737. The fourth-order valence-corrected chi connectivity index (χ4v) is 4.37. The molecule has 1 fully saturated rings. The lowest BCUT2D eigenvalue weighted by Gasteiger charge is -2.31. The minimum absolute atomic E-state index is 0. The predicted octanol–water partition coefficient (Wildman–Crippen LogP) is 2.00. The molecule has 0 aromatic carbocycles. The highest BCUT2D eigenvalue weighted by atomic mass is 127. The third-order valence-electron chi connectivity index (χ3n) is 5.14. The molecular formula is C19H34IN5OS. The average Bonchev–Trinajstić information content (AvgIpc) is 3.14. The molecule has 1 saturated heterocycles. The molecule has 3 heterocycles. The van der Waals surface area contributed by atoms with Crippen LogP contribution in [0.3, 0.4) is 0 Å². The number of guanidine groups is 1. The van der Waals surface area contributed by atoms with Gasteiger partial charge in [0, 0.05) is 56.7 Å². The van der Waals surface area contributed by atoms with Crippen molar-refractivity contribution in [2.45, 2.75) is 32.9 Å². The van der Waals surface area contributed by atoms with Gasteiger partial charge in [-0.15, -0.1) is 35.3 Å². The van der Waals surface area contributed by atoms with Crippen molar-refractivity contribution in [3.8, 4) is 0 Å². The van der Waals surface area contributed by atoms with Gasteiger partial charge in [0.2, 0.25) is 0 Å². The number of nitrogens with one attached hydrogen (secondary N) is 2. The van der Waals surface area contributed by atoms with E-state index in [1.54, 1.807) is 4.88 Å². The number of hydrogen-bond acceptors (Lipinski definition) is 5. The van der Waals surface area contributed by atoms with Gasteiger partial charge in [-0.1, -0.05) is 0 Å². The van der Waals surface area contributed by atoms with Crippen LogP contribution in [-0.4, -0.2) is 80.8 Å². The average molecular weight is 507 g/mol. The van der Waals surface area contributed by atoms with Gasteiger partial charge in [0.15, 0.2) is 5.96 Å². The van der Waals surface area contributed by atoms with Gasteiger partial charge in [-0.3, -0.25) is 14.8 Å². The second kappa shape index (κ2) is 12.2. The molecule has 0 bridgehead atoms. The SMILES string of the molecule is CCNC(=NCC(C)N1CCc2sccc2C1)NCCN1CCOCC1.I. The van der Waals surface area contributed by atoms with E-state index in [2.05, 4.69) is 45.7 Å². The van der Waals surface area contributed by atoms with Crippen LogP contribution in [0.4, 0.5) is 0 Å². The number of fused-ring (bicyclic) bond motifs is 1. The Morgan fingerprint density at radius 2 is 2.11 bits per heavy atom. The van der Waals surface area contributed by atoms with Crippen LogP contribution in [0.5, 0.6) is 0 Å². The summed E-state index contributed by atoms with van der Waals surface area (Å²) in [6, 6.07) is 2.73. The first-order valence-electron chi connectivity index (χ1n) is 9.88. The van der Waals surface area contributed by atoms with Crippen molar-refractivity contribution in [3.63, 3.8) is 0 Å². The van der Waals surface area contributed by atoms with Crippen molar-refractivity contribution in [1.29, 1.82) is 0 Å². The first kappa shape index (κ1) is 22.9. The van der Waals surface area contributed by atoms with Gasteiger partial charge in [-0.2, -0.15) is 0 Å². The maximum atomic E-state index is 5.40. The smallest absolute Gasteiger partial charge is 0.191 e. The molecule has 0 saturated carbocycles. The number of nitrogens with zero attached hydrogens (tertiary/aromatic N) is 3. The van der Waals surface area contributed by atoms with Gasteiger partial charge in [-0.05, 0) is 37.3 Å². The second-order valence-electron chi connectivity index (χ2n) is 7.04. The Hall–Kier alpha value is -0.420. The van der Waals surface area contributed by atoms with E-state index in [4.69, 9.17) is 9.73 Å². The first-order chi connectivity index (χ1) is 12.8. The topological polar surface area (TPSA) is 52.1 Å². The molecular weight excluding hydrogens is 473 g/mol. The number of thiophene rings is 1. The molecule has 3 rings (SSSR count). The summed E-state index contributed by atoms with van der Waals surface area (Å²) in [6.07, 6.45) is 1.18. The monoisotopic (exact) mass is 507 g/mol. The molecule has 0 spiro atoms. The van der Waals surface area contributed by atoms with Gasteiger partial charge in [0.25, 0.3) is 0 Å². The molecule has 0 radical (unpaired) electrons. The highest BCUT2D eigenvalue weighted by molar-refractivity contribution is 14.0. The Morgan fingerprint density at radius 1 is 1.30 bits per heavy atom. The molecule has 6 nitrogen and oxygen atoms in total. The third-order valence-corrected chi connectivity index (χ3v) is 6.17. The molecule has 1 aromatic heterocycles. The Kier molecular flexibility index (Phi) is 10.3. The quantitative estimate of drug-likeness (QED) is 0.336. The van der Waals surface area contributed by atoms with Crippen molar-refractivity contribution < 1.29 is 4.74 Å². The summed E-state index contributed by atoms with van der Waals surface area (Å²) >= 11 is 1.90. The number of morpholine rings is 1. The van der Waals surface area contributed by atoms with E-state index in [0.717, 1.165) is 71.5 Å². The first-order valence-corrected chi connectivity index (χ1v) is 10.8. The van der Waals surface area contributed by atoms with E-state index >= 15 is 0 Å². The summed E-state index contributed by atoms with van der Waals surface area (Å²) in [5, 5.41) is 9.07. The Labute approximate surface area is 184 Å². The van der Waals surface area contributed by atoms with Crippen LogP contribution in [0.25, 0.3) is 0 Å². The molecule has 2 N–H and O–H groups in total. The fourth-order valence-electron chi connectivity index (χ4n) is 3.48. The Balaban J connectivity index is 0.00000261. The third kappa shape index (κ3) is 7.16. The predicted molar refractivity (Wildman–Crippen MR) is 125 cm³/mol. The van der Waals surface area contributed by atoms with Crippen molar-refractivity contribution in [2.24, 2.45) is 4.99 Å². The molecule has 8 heteroatoms. The van der Waals surface area contributed by atoms with E-state index < -0.39 is 0 Å². The lowest BCUT2D eigenvalue weighted by Crippen LogP contribution is -2.45. The van der Waals surface area contributed by atoms with Gasteiger partial charge in [0.05, 0.1) is 19.8 Å². The van der Waals surface area contributed by atoms with E-state index in [0.29, 0.717) is 6.04 Å². The van der Waals surface area contributed by atoms with Crippen LogP contribution in [0.2, 0.25) is 0 Å². The lowest BCUT2D eigenvalue weighted by atomic mass is 10.1.